The number of carbonyl (C=O) groups excluding carboxylic acids is 2. The number of hydrogen-bond acceptors (Lipinski definition) is 7. The first-order valence-corrected chi connectivity index (χ1v) is 11.8. The highest BCUT2D eigenvalue weighted by Gasteiger charge is 2.16. The molecule has 1 amide bonds. The van der Waals surface area contributed by atoms with Gasteiger partial charge in [-0.3, -0.25) is 10.1 Å². The molecule has 0 atom stereocenters. The number of aromatic nitrogens is 3. The van der Waals surface area contributed by atoms with Crippen LogP contribution in [0, 0.1) is 11.8 Å². The van der Waals surface area contributed by atoms with Crippen molar-refractivity contribution in [3.8, 4) is 11.8 Å². The number of fused-ring (bicyclic) bond motifs is 1. The van der Waals surface area contributed by atoms with Crippen molar-refractivity contribution in [2.24, 2.45) is 0 Å². The quantitative estimate of drug-likeness (QED) is 0.343. The summed E-state index contributed by atoms with van der Waals surface area (Å²) < 4.78 is 28.2. The van der Waals surface area contributed by atoms with Crippen molar-refractivity contribution in [1.82, 2.24) is 15.0 Å². The van der Waals surface area contributed by atoms with E-state index in [0.717, 1.165) is 6.26 Å². The van der Waals surface area contributed by atoms with Crippen molar-refractivity contribution >= 4 is 38.7 Å². The van der Waals surface area contributed by atoms with Gasteiger partial charge in [0.25, 0.3) is 5.91 Å². The third kappa shape index (κ3) is 4.95. The maximum Gasteiger partial charge on any atom is 0.340 e. The first-order valence-electron chi connectivity index (χ1n) is 9.92. The topological polar surface area (TPSA) is 131 Å². The summed E-state index contributed by atoms with van der Waals surface area (Å²) in [6, 6.07) is 16.0. The molecule has 0 fully saturated rings. The average Bonchev–Trinajstić information content (AvgIpc) is 3.24. The fourth-order valence-corrected chi connectivity index (χ4v) is 3.78. The number of ether oxygens (including phenoxy) is 1. The van der Waals surface area contributed by atoms with Crippen LogP contribution in [-0.2, 0) is 14.6 Å². The number of amides is 1. The molecule has 0 aliphatic heterocycles. The summed E-state index contributed by atoms with van der Waals surface area (Å²) in [6.45, 7) is 0. The first kappa shape index (κ1) is 22.7. The number of benzene rings is 2. The number of anilines is 1. The summed E-state index contributed by atoms with van der Waals surface area (Å²) in [5.74, 6) is 4.78. The van der Waals surface area contributed by atoms with Crippen LogP contribution in [0.25, 0.3) is 11.0 Å². The average molecular weight is 474 g/mol. The fourth-order valence-electron chi connectivity index (χ4n) is 3.11. The van der Waals surface area contributed by atoms with Crippen LogP contribution in [0.3, 0.4) is 0 Å². The minimum Gasteiger partial charge on any atom is -0.465 e. The summed E-state index contributed by atoms with van der Waals surface area (Å²) in [7, 11) is -2.07. The normalized spacial score (nSPS) is 10.9. The van der Waals surface area contributed by atoms with Gasteiger partial charge < -0.3 is 9.72 Å². The predicted molar refractivity (Wildman–Crippen MR) is 125 cm³/mol. The molecule has 0 aliphatic carbocycles. The molecule has 2 N–H and O–H groups in total. The van der Waals surface area contributed by atoms with Crippen LogP contribution in [0.4, 0.5) is 5.95 Å². The van der Waals surface area contributed by atoms with E-state index in [9.17, 15) is 18.0 Å². The first-order chi connectivity index (χ1) is 16.2. The number of H-pyrrole nitrogens is 1. The van der Waals surface area contributed by atoms with E-state index in [1.807, 2.05) is 0 Å². The molecule has 34 heavy (non-hydrogen) atoms. The van der Waals surface area contributed by atoms with Gasteiger partial charge in [-0.05, 0) is 48.4 Å². The molecule has 4 rings (SSSR count). The molecule has 0 unspecified atom stereocenters. The van der Waals surface area contributed by atoms with Gasteiger partial charge in [-0.1, -0.05) is 24.1 Å². The predicted octanol–water partition coefficient (Wildman–Crippen LogP) is 2.80. The second kappa shape index (κ2) is 9.17. The van der Waals surface area contributed by atoms with Crippen molar-refractivity contribution in [3.63, 3.8) is 0 Å². The number of nitrogens with one attached hydrogen (secondary N) is 2. The van der Waals surface area contributed by atoms with Crippen LogP contribution >= 0.6 is 0 Å². The maximum absolute atomic E-state index is 12.7. The van der Waals surface area contributed by atoms with Gasteiger partial charge in [-0.15, -0.1) is 0 Å². The van der Waals surface area contributed by atoms with Gasteiger partial charge in [0.2, 0.25) is 5.95 Å². The Bertz CT molecular complexity index is 1600. The van der Waals surface area contributed by atoms with Crippen molar-refractivity contribution in [1.29, 1.82) is 0 Å². The Morgan fingerprint density at radius 1 is 1.00 bits per heavy atom. The number of hydrogen-bond donors (Lipinski definition) is 2. The van der Waals surface area contributed by atoms with E-state index < -0.39 is 21.7 Å². The number of rotatable bonds is 4. The van der Waals surface area contributed by atoms with E-state index in [1.165, 1.54) is 25.3 Å². The molecular weight excluding hydrogens is 456 g/mol. The monoisotopic (exact) mass is 474 g/mol. The molecular formula is C24H18N4O5S. The van der Waals surface area contributed by atoms with Crippen LogP contribution in [-0.4, -0.2) is 48.6 Å². The van der Waals surface area contributed by atoms with E-state index in [4.69, 9.17) is 4.74 Å². The molecule has 0 spiro atoms. The highest BCUT2D eigenvalue weighted by atomic mass is 32.2. The number of para-hydroxylation sites is 1. The van der Waals surface area contributed by atoms with Crippen LogP contribution < -0.4 is 5.32 Å². The Morgan fingerprint density at radius 2 is 1.76 bits per heavy atom. The molecule has 0 saturated carbocycles. The van der Waals surface area contributed by atoms with Crippen LogP contribution in [0.1, 0.15) is 32.1 Å². The number of methoxy groups -OCH3 is 1. The number of nitrogens with zero attached hydrogens (tertiary/aromatic N) is 2. The standard InChI is InChI=1S/C24H18N4O5S/c1-33-23(30)18-9-5-10-19-21(18)27-24(26-19)28-22(29)20-11-4-7-16(25-20)13-12-15-6-3-8-17(14-15)34(2,31)32/h3-11,14H,1-2H3,(H2,26,27,28,29). The van der Waals surface area contributed by atoms with E-state index in [0.29, 0.717) is 22.3 Å². The zero-order chi connectivity index (χ0) is 24.3. The third-order valence-electron chi connectivity index (χ3n) is 4.73. The molecule has 4 aromatic rings. The lowest BCUT2D eigenvalue weighted by molar-refractivity contribution is 0.0602. The Hall–Kier alpha value is -4.49. The lowest BCUT2D eigenvalue weighted by atomic mass is 10.2. The largest absolute Gasteiger partial charge is 0.465 e. The SMILES string of the molecule is COC(=O)c1cccc2[nH]c(NC(=O)c3cccc(C#Cc4cccc(S(C)(=O)=O)c4)n3)nc12. The number of carbonyl (C=O) groups is 2. The molecule has 2 heterocycles. The number of sulfone groups is 1. The molecule has 10 heteroatoms. The summed E-state index contributed by atoms with van der Waals surface area (Å²) in [4.78, 5) is 36.3. The molecule has 170 valence electrons. The van der Waals surface area contributed by atoms with Gasteiger partial charge in [0, 0.05) is 11.8 Å². The van der Waals surface area contributed by atoms with Crippen molar-refractivity contribution in [2.45, 2.75) is 4.90 Å². The van der Waals surface area contributed by atoms with E-state index >= 15 is 0 Å². The van der Waals surface area contributed by atoms with Crippen LogP contribution in [0.15, 0.2) is 65.6 Å². The van der Waals surface area contributed by atoms with E-state index in [-0.39, 0.29) is 22.1 Å². The lowest BCUT2D eigenvalue weighted by Crippen LogP contribution is -2.15. The molecule has 0 radical (unpaired) electrons. The smallest absolute Gasteiger partial charge is 0.340 e. The van der Waals surface area contributed by atoms with Gasteiger partial charge >= 0.3 is 5.97 Å². The highest BCUT2D eigenvalue weighted by molar-refractivity contribution is 7.90. The van der Waals surface area contributed by atoms with Gasteiger partial charge in [0.1, 0.15) is 16.9 Å². The zero-order valence-corrected chi connectivity index (χ0v) is 18.9. The minimum absolute atomic E-state index is 0.102. The van der Waals surface area contributed by atoms with Crippen molar-refractivity contribution in [3.05, 3.63) is 83.2 Å². The second-order valence-electron chi connectivity index (χ2n) is 7.19. The zero-order valence-electron chi connectivity index (χ0n) is 18.1. The number of imidazole rings is 1. The maximum atomic E-state index is 12.7. The summed E-state index contributed by atoms with van der Waals surface area (Å²) in [5.41, 5.74) is 2.13. The molecule has 0 aliphatic rings. The van der Waals surface area contributed by atoms with Gasteiger partial charge in [-0.25, -0.2) is 23.2 Å². The fraction of sp³-hybridized carbons (Fsp3) is 0.0833. The minimum atomic E-state index is -3.35. The molecule has 2 aromatic heterocycles. The Morgan fingerprint density at radius 3 is 2.53 bits per heavy atom. The van der Waals surface area contributed by atoms with E-state index in [2.05, 4.69) is 32.1 Å². The number of pyridine rings is 1. The number of esters is 1. The second-order valence-corrected chi connectivity index (χ2v) is 9.21. The molecule has 9 nitrogen and oxygen atoms in total. The van der Waals surface area contributed by atoms with Gasteiger partial charge in [0.15, 0.2) is 9.84 Å². The molecule has 0 bridgehead atoms. The van der Waals surface area contributed by atoms with Gasteiger partial charge in [0.05, 0.1) is 23.1 Å². The van der Waals surface area contributed by atoms with Crippen LogP contribution in [0.5, 0.6) is 0 Å². The van der Waals surface area contributed by atoms with Crippen molar-refractivity contribution in [2.75, 3.05) is 18.7 Å². The van der Waals surface area contributed by atoms with Crippen molar-refractivity contribution < 1.29 is 22.7 Å². The lowest BCUT2D eigenvalue weighted by Gasteiger charge is -2.01. The molecule has 0 saturated heterocycles. The highest BCUT2D eigenvalue weighted by Crippen LogP contribution is 2.20. The summed E-state index contributed by atoms with van der Waals surface area (Å²) >= 11 is 0. The van der Waals surface area contributed by atoms with E-state index in [1.54, 1.807) is 42.5 Å². The van der Waals surface area contributed by atoms with Gasteiger partial charge in [-0.2, -0.15) is 0 Å². The Kier molecular flexibility index (Phi) is 6.12. The Balaban J connectivity index is 1.56. The molecule has 2 aromatic carbocycles. The summed E-state index contributed by atoms with van der Waals surface area (Å²) in [6.07, 6.45) is 1.13. The number of aromatic amines is 1. The van der Waals surface area contributed by atoms with Crippen LogP contribution in [0.2, 0.25) is 0 Å². The third-order valence-corrected chi connectivity index (χ3v) is 5.84. The summed E-state index contributed by atoms with van der Waals surface area (Å²) in [5, 5.41) is 2.62. The Labute approximate surface area is 195 Å².